The summed E-state index contributed by atoms with van der Waals surface area (Å²) in [7, 11) is 1.52. The van der Waals surface area contributed by atoms with Gasteiger partial charge in [0.05, 0.1) is 35.6 Å². The van der Waals surface area contributed by atoms with Crippen molar-refractivity contribution in [2.24, 2.45) is 4.99 Å². The standard InChI is InChI=1S/C36H28F2N2O5S/c1-3-44-35(42)30-31(23-8-5-4-6-9-23)39-36-40(32(30)24-14-18-27(38)19-15-24)34(41)29(46-36)20-25-10-7-11-28(43-2)33(25)45-21-22-12-16-26(37)17-13-22/h4-20,32H,3,21H2,1-2H3/b29-20-/t32-/m1/s1. The van der Waals surface area contributed by atoms with E-state index in [0.29, 0.717) is 43.2 Å². The Balaban J connectivity index is 1.54. The Morgan fingerprint density at radius 1 is 0.935 bits per heavy atom. The first-order chi connectivity index (χ1) is 22.4. The number of benzene rings is 4. The zero-order valence-electron chi connectivity index (χ0n) is 24.9. The van der Waals surface area contributed by atoms with Crippen LogP contribution in [0, 0.1) is 11.6 Å². The number of ether oxygens (including phenoxy) is 3. The second kappa shape index (κ2) is 13.3. The maximum atomic E-state index is 14.2. The lowest BCUT2D eigenvalue weighted by molar-refractivity contribution is -0.138. The van der Waals surface area contributed by atoms with Crippen LogP contribution in [0.3, 0.4) is 0 Å². The van der Waals surface area contributed by atoms with Crippen LogP contribution in [-0.4, -0.2) is 24.3 Å². The predicted molar refractivity (Wildman–Crippen MR) is 171 cm³/mol. The van der Waals surface area contributed by atoms with Crippen molar-refractivity contribution in [1.82, 2.24) is 4.57 Å². The van der Waals surface area contributed by atoms with E-state index in [1.54, 1.807) is 55.5 Å². The summed E-state index contributed by atoms with van der Waals surface area (Å²) in [5.41, 5.74) is 2.63. The molecule has 10 heteroatoms. The number of esters is 1. The molecule has 0 unspecified atom stereocenters. The van der Waals surface area contributed by atoms with Crippen LogP contribution in [0.2, 0.25) is 0 Å². The van der Waals surface area contributed by atoms with Crippen molar-refractivity contribution in [3.05, 3.63) is 156 Å². The van der Waals surface area contributed by atoms with E-state index >= 15 is 0 Å². The first-order valence-corrected chi connectivity index (χ1v) is 15.3. The Bertz CT molecular complexity index is 2110. The molecule has 232 valence electrons. The molecule has 0 amide bonds. The summed E-state index contributed by atoms with van der Waals surface area (Å²) in [6.45, 7) is 1.95. The van der Waals surface area contributed by atoms with Gasteiger partial charge in [0.15, 0.2) is 16.3 Å². The van der Waals surface area contributed by atoms with Gasteiger partial charge in [-0.25, -0.2) is 18.6 Å². The Hall–Kier alpha value is -5.35. The highest BCUT2D eigenvalue weighted by atomic mass is 32.1. The number of methoxy groups -OCH3 is 1. The van der Waals surface area contributed by atoms with Crippen molar-refractivity contribution in [3.63, 3.8) is 0 Å². The highest BCUT2D eigenvalue weighted by molar-refractivity contribution is 7.07. The average Bonchev–Trinajstić information content (AvgIpc) is 3.38. The summed E-state index contributed by atoms with van der Waals surface area (Å²) >= 11 is 1.15. The largest absolute Gasteiger partial charge is 0.493 e. The number of rotatable bonds is 9. The zero-order valence-corrected chi connectivity index (χ0v) is 25.7. The molecule has 5 aromatic rings. The Morgan fingerprint density at radius 2 is 1.63 bits per heavy atom. The number of nitrogens with zero attached hydrogens (tertiary/aromatic N) is 2. The lowest BCUT2D eigenvalue weighted by atomic mass is 9.93. The van der Waals surface area contributed by atoms with Gasteiger partial charge in [-0.05, 0) is 54.5 Å². The molecular formula is C36H28F2N2O5S. The van der Waals surface area contributed by atoms with Gasteiger partial charge in [0.1, 0.15) is 18.2 Å². The number of carbonyl (C=O) groups excluding carboxylic acids is 1. The molecule has 2 heterocycles. The molecule has 1 aliphatic rings. The third kappa shape index (κ3) is 6.12. The first-order valence-electron chi connectivity index (χ1n) is 14.5. The molecule has 0 fully saturated rings. The molecule has 1 atom stereocenters. The van der Waals surface area contributed by atoms with Crippen LogP contribution in [0.5, 0.6) is 11.5 Å². The number of carbonyl (C=O) groups is 1. The van der Waals surface area contributed by atoms with Crippen LogP contribution in [0.4, 0.5) is 8.78 Å². The third-order valence-corrected chi connectivity index (χ3v) is 8.35. The maximum Gasteiger partial charge on any atom is 0.338 e. The molecule has 1 aliphatic heterocycles. The van der Waals surface area contributed by atoms with Gasteiger partial charge in [0, 0.05) is 11.1 Å². The molecule has 7 nitrogen and oxygen atoms in total. The summed E-state index contributed by atoms with van der Waals surface area (Å²) in [5.74, 6) is -0.584. The van der Waals surface area contributed by atoms with E-state index < -0.39 is 23.4 Å². The van der Waals surface area contributed by atoms with E-state index in [2.05, 4.69) is 0 Å². The monoisotopic (exact) mass is 638 g/mol. The first kappa shape index (κ1) is 30.7. The van der Waals surface area contributed by atoms with Gasteiger partial charge >= 0.3 is 5.97 Å². The average molecular weight is 639 g/mol. The SMILES string of the molecule is CCOC(=O)C1=C(c2ccccc2)N=c2s/c(=C\c3cccc(OC)c3OCc3ccc(F)cc3)c(=O)n2[C@@H]1c1ccc(F)cc1. The predicted octanol–water partition coefficient (Wildman–Crippen LogP) is 5.80. The number of halogens is 2. The number of fused-ring (bicyclic) bond motifs is 1. The normalized spacial score (nSPS) is 14.4. The lowest BCUT2D eigenvalue weighted by Crippen LogP contribution is -2.40. The quantitative estimate of drug-likeness (QED) is 0.191. The third-order valence-electron chi connectivity index (χ3n) is 7.37. The van der Waals surface area contributed by atoms with Crippen LogP contribution in [0.1, 0.15) is 35.2 Å². The molecule has 0 saturated carbocycles. The Kier molecular flexibility index (Phi) is 8.89. The minimum absolute atomic E-state index is 0.113. The summed E-state index contributed by atoms with van der Waals surface area (Å²) in [5, 5.41) is 0. The van der Waals surface area contributed by atoms with Gasteiger partial charge in [-0.15, -0.1) is 0 Å². The summed E-state index contributed by atoms with van der Waals surface area (Å²) in [6.07, 6.45) is 1.68. The molecule has 46 heavy (non-hydrogen) atoms. The van der Waals surface area contributed by atoms with E-state index in [1.165, 1.54) is 35.9 Å². The topological polar surface area (TPSA) is 79.1 Å². The molecule has 6 rings (SSSR count). The maximum absolute atomic E-state index is 14.2. The number of hydrogen-bond donors (Lipinski definition) is 0. The summed E-state index contributed by atoms with van der Waals surface area (Å²) in [6, 6.07) is 25.2. The second-order valence-electron chi connectivity index (χ2n) is 10.3. The molecule has 0 saturated heterocycles. The van der Waals surface area contributed by atoms with Crippen LogP contribution in [0.15, 0.2) is 112 Å². The van der Waals surface area contributed by atoms with E-state index in [1.807, 2.05) is 30.3 Å². The van der Waals surface area contributed by atoms with Gasteiger partial charge in [-0.3, -0.25) is 9.36 Å². The number of para-hydroxylation sites is 1. The minimum atomic E-state index is -0.937. The zero-order chi connectivity index (χ0) is 32.2. The van der Waals surface area contributed by atoms with Crippen molar-refractivity contribution in [1.29, 1.82) is 0 Å². The van der Waals surface area contributed by atoms with Crippen molar-refractivity contribution in [2.45, 2.75) is 19.6 Å². The lowest BCUT2D eigenvalue weighted by Gasteiger charge is -2.25. The van der Waals surface area contributed by atoms with Gasteiger partial charge in [0.2, 0.25) is 0 Å². The van der Waals surface area contributed by atoms with E-state index in [4.69, 9.17) is 19.2 Å². The fourth-order valence-corrected chi connectivity index (χ4v) is 6.23. The molecule has 0 bridgehead atoms. The molecule has 0 N–H and O–H groups in total. The fraction of sp³-hybridized carbons (Fsp3) is 0.139. The van der Waals surface area contributed by atoms with Crippen molar-refractivity contribution < 1.29 is 27.8 Å². The van der Waals surface area contributed by atoms with Crippen molar-refractivity contribution in [3.8, 4) is 11.5 Å². The molecular weight excluding hydrogens is 610 g/mol. The highest BCUT2D eigenvalue weighted by Crippen LogP contribution is 2.36. The number of aromatic nitrogens is 1. The van der Waals surface area contributed by atoms with Gasteiger partial charge in [-0.2, -0.15) is 0 Å². The van der Waals surface area contributed by atoms with E-state index in [-0.39, 0.29) is 24.6 Å². The van der Waals surface area contributed by atoms with Crippen molar-refractivity contribution in [2.75, 3.05) is 13.7 Å². The molecule has 0 spiro atoms. The number of thiazole rings is 1. The molecule has 1 aromatic heterocycles. The van der Waals surface area contributed by atoms with Crippen LogP contribution >= 0.6 is 11.3 Å². The van der Waals surface area contributed by atoms with Crippen molar-refractivity contribution >= 4 is 29.1 Å². The van der Waals surface area contributed by atoms with Gasteiger partial charge in [-0.1, -0.05) is 78.1 Å². The van der Waals surface area contributed by atoms with Crippen LogP contribution < -0.4 is 24.4 Å². The van der Waals surface area contributed by atoms with Gasteiger partial charge < -0.3 is 14.2 Å². The highest BCUT2D eigenvalue weighted by Gasteiger charge is 2.35. The van der Waals surface area contributed by atoms with Crippen LogP contribution in [-0.2, 0) is 16.1 Å². The molecule has 0 radical (unpaired) electrons. The molecule has 0 aliphatic carbocycles. The van der Waals surface area contributed by atoms with Gasteiger partial charge in [0.25, 0.3) is 5.56 Å². The fourth-order valence-electron chi connectivity index (χ4n) is 5.24. The van der Waals surface area contributed by atoms with E-state index in [9.17, 15) is 18.4 Å². The van der Waals surface area contributed by atoms with E-state index in [0.717, 1.165) is 16.9 Å². The minimum Gasteiger partial charge on any atom is -0.493 e. The summed E-state index contributed by atoms with van der Waals surface area (Å²) < 4.78 is 46.4. The Morgan fingerprint density at radius 3 is 2.30 bits per heavy atom. The summed E-state index contributed by atoms with van der Waals surface area (Å²) in [4.78, 5) is 33.0. The molecule has 4 aromatic carbocycles. The Labute approximate surface area is 267 Å². The number of hydrogen-bond acceptors (Lipinski definition) is 7. The second-order valence-corrected chi connectivity index (χ2v) is 11.3. The smallest absolute Gasteiger partial charge is 0.338 e. The van der Waals surface area contributed by atoms with Crippen LogP contribution in [0.25, 0.3) is 11.8 Å².